The minimum Gasteiger partial charge on any atom is -0.492 e. The van der Waals surface area contributed by atoms with Crippen LogP contribution in [0.15, 0.2) is 23.3 Å². The maximum Gasteiger partial charge on any atom is 0.240 e. The third-order valence-corrected chi connectivity index (χ3v) is 3.31. The van der Waals surface area contributed by atoms with Crippen LogP contribution < -0.4 is 10.2 Å². The van der Waals surface area contributed by atoms with Crippen molar-refractivity contribution < 1.29 is 9.53 Å². The van der Waals surface area contributed by atoms with Crippen molar-refractivity contribution in [2.75, 3.05) is 6.61 Å². The molecule has 0 saturated carbocycles. The summed E-state index contributed by atoms with van der Waals surface area (Å²) in [7, 11) is 0. The summed E-state index contributed by atoms with van der Waals surface area (Å²) in [4.78, 5) is 11.6. The normalized spacial score (nSPS) is 11.6. The van der Waals surface area contributed by atoms with Crippen LogP contribution in [0.25, 0.3) is 0 Å². The van der Waals surface area contributed by atoms with Crippen molar-refractivity contribution in [1.82, 2.24) is 5.43 Å². The van der Waals surface area contributed by atoms with Crippen LogP contribution >= 0.6 is 23.2 Å². The van der Waals surface area contributed by atoms with Gasteiger partial charge in [0.15, 0.2) is 0 Å². The molecule has 0 atom stereocenters. The summed E-state index contributed by atoms with van der Waals surface area (Å²) >= 11 is 11.8. The number of rotatable bonds is 8. The molecule has 0 saturated heterocycles. The van der Waals surface area contributed by atoms with Gasteiger partial charge in [0.1, 0.15) is 5.75 Å². The summed E-state index contributed by atoms with van der Waals surface area (Å²) in [5.74, 6) is 0.976. The predicted octanol–water partition coefficient (Wildman–Crippen LogP) is 4.69. The Labute approximate surface area is 141 Å². The Balaban J connectivity index is 2.25. The van der Waals surface area contributed by atoms with E-state index in [0.717, 1.165) is 12.1 Å². The number of hydrazone groups is 1. The number of hydrogen-bond acceptors (Lipinski definition) is 3. The molecular weight excluding hydrogens is 323 g/mol. The highest BCUT2D eigenvalue weighted by molar-refractivity contribution is 6.35. The SMILES string of the molecule is CC(CC(C)C)=NNC(=O)CCCOc1ccc(Cl)cc1Cl. The second kappa shape index (κ2) is 9.70. The van der Waals surface area contributed by atoms with E-state index in [0.29, 0.717) is 41.2 Å². The molecule has 0 spiro atoms. The molecule has 1 rings (SSSR count). The van der Waals surface area contributed by atoms with Gasteiger partial charge in [-0.05, 0) is 43.9 Å². The van der Waals surface area contributed by atoms with Crippen molar-refractivity contribution in [2.45, 2.75) is 40.0 Å². The molecule has 0 aliphatic heterocycles. The number of nitrogens with zero attached hydrogens (tertiary/aromatic N) is 1. The summed E-state index contributed by atoms with van der Waals surface area (Å²) in [5.41, 5.74) is 3.48. The van der Waals surface area contributed by atoms with Crippen molar-refractivity contribution in [2.24, 2.45) is 11.0 Å². The van der Waals surface area contributed by atoms with Crippen LogP contribution in [-0.4, -0.2) is 18.2 Å². The quantitative estimate of drug-likeness (QED) is 0.422. The summed E-state index contributed by atoms with van der Waals surface area (Å²) < 4.78 is 5.51. The van der Waals surface area contributed by atoms with Crippen LogP contribution in [0.3, 0.4) is 0 Å². The number of ether oxygens (including phenoxy) is 1. The van der Waals surface area contributed by atoms with Crippen molar-refractivity contribution >= 4 is 34.8 Å². The fourth-order valence-corrected chi connectivity index (χ4v) is 2.32. The molecule has 1 N–H and O–H groups in total. The Bertz CT molecular complexity index is 531. The number of benzene rings is 1. The van der Waals surface area contributed by atoms with Crippen LogP contribution in [-0.2, 0) is 4.79 Å². The van der Waals surface area contributed by atoms with Gasteiger partial charge in [-0.3, -0.25) is 4.79 Å². The molecule has 0 aromatic heterocycles. The van der Waals surface area contributed by atoms with Gasteiger partial charge in [-0.15, -0.1) is 0 Å². The first-order valence-electron chi connectivity index (χ1n) is 7.28. The molecular formula is C16H22Cl2N2O2. The predicted molar refractivity (Wildman–Crippen MR) is 91.9 cm³/mol. The lowest BCUT2D eigenvalue weighted by atomic mass is 10.1. The third-order valence-electron chi connectivity index (χ3n) is 2.77. The van der Waals surface area contributed by atoms with Crippen molar-refractivity contribution in [3.63, 3.8) is 0 Å². The molecule has 4 nitrogen and oxygen atoms in total. The Kier molecular flexibility index (Phi) is 8.28. The molecule has 0 heterocycles. The summed E-state index contributed by atoms with van der Waals surface area (Å²) in [6.45, 7) is 6.54. The molecule has 0 aliphatic rings. The Morgan fingerprint density at radius 1 is 1.36 bits per heavy atom. The maximum absolute atomic E-state index is 11.6. The monoisotopic (exact) mass is 344 g/mol. The highest BCUT2D eigenvalue weighted by atomic mass is 35.5. The van der Waals surface area contributed by atoms with Crippen LogP contribution in [0.2, 0.25) is 10.0 Å². The highest BCUT2D eigenvalue weighted by Crippen LogP contribution is 2.27. The van der Waals surface area contributed by atoms with E-state index in [-0.39, 0.29) is 5.91 Å². The summed E-state index contributed by atoms with van der Waals surface area (Å²) in [5, 5.41) is 5.09. The average Bonchev–Trinajstić information content (AvgIpc) is 2.42. The zero-order chi connectivity index (χ0) is 16.5. The van der Waals surface area contributed by atoms with Crippen molar-refractivity contribution in [3.05, 3.63) is 28.2 Å². The molecule has 0 radical (unpaired) electrons. The standard InChI is InChI=1S/C16H22Cl2N2O2/c1-11(2)9-12(3)19-20-16(21)5-4-8-22-15-7-6-13(17)10-14(15)18/h6-7,10-11H,4-5,8-9H2,1-3H3,(H,20,21). The second-order valence-corrected chi connectivity index (χ2v) is 6.35. The topological polar surface area (TPSA) is 50.7 Å². The van der Waals surface area contributed by atoms with Crippen LogP contribution in [0.1, 0.15) is 40.0 Å². The van der Waals surface area contributed by atoms with Gasteiger partial charge >= 0.3 is 0 Å². The van der Waals surface area contributed by atoms with Crippen molar-refractivity contribution in [3.8, 4) is 5.75 Å². The van der Waals surface area contributed by atoms with Gasteiger partial charge in [0.25, 0.3) is 0 Å². The van der Waals surface area contributed by atoms with Gasteiger partial charge in [-0.2, -0.15) is 5.10 Å². The lowest BCUT2D eigenvalue weighted by molar-refractivity contribution is -0.121. The average molecular weight is 345 g/mol. The minimum absolute atomic E-state index is 0.117. The second-order valence-electron chi connectivity index (χ2n) is 5.51. The zero-order valence-electron chi connectivity index (χ0n) is 13.2. The van der Waals surface area contributed by atoms with Crippen LogP contribution in [0.4, 0.5) is 0 Å². The van der Waals surface area contributed by atoms with E-state index >= 15 is 0 Å². The first-order chi connectivity index (χ1) is 10.4. The van der Waals surface area contributed by atoms with E-state index in [2.05, 4.69) is 24.4 Å². The van der Waals surface area contributed by atoms with E-state index in [4.69, 9.17) is 27.9 Å². The molecule has 0 fully saturated rings. The van der Waals surface area contributed by atoms with Gasteiger partial charge < -0.3 is 4.74 Å². The van der Waals surface area contributed by atoms with Gasteiger partial charge in [-0.1, -0.05) is 37.0 Å². The zero-order valence-corrected chi connectivity index (χ0v) is 14.7. The largest absolute Gasteiger partial charge is 0.492 e. The van der Waals surface area contributed by atoms with E-state index in [9.17, 15) is 4.79 Å². The highest BCUT2D eigenvalue weighted by Gasteiger charge is 2.04. The lowest BCUT2D eigenvalue weighted by Crippen LogP contribution is -2.19. The van der Waals surface area contributed by atoms with Gasteiger partial charge in [0.05, 0.1) is 11.6 Å². The Morgan fingerprint density at radius 3 is 2.73 bits per heavy atom. The maximum atomic E-state index is 11.6. The number of carbonyl (C=O) groups is 1. The smallest absolute Gasteiger partial charge is 0.240 e. The van der Waals surface area contributed by atoms with E-state index < -0.39 is 0 Å². The Hall–Kier alpha value is -1.26. The third kappa shape index (κ3) is 7.66. The van der Waals surface area contributed by atoms with E-state index in [1.165, 1.54) is 0 Å². The molecule has 0 unspecified atom stereocenters. The molecule has 1 aromatic rings. The van der Waals surface area contributed by atoms with Gasteiger partial charge in [0.2, 0.25) is 5.91 Å². The van der Waals surface area contributed by atoms with E-state index in [1.807, 2.05) is 6.92 Å². The minimum atomic E-state index is -0.117. The van der Waals surface area contributed by atoms with E-state index in [1.54, 1.807) is 18.2 Å². The first-order valence-corrected chi connectivity index (χ1v) is 8.04. The fraction of sp³-hybridized carbons (Fsp3) is 0.500. The number of amides is 1. The molecule has 6 heteroatoms. The van der Waals surface area contributed by atoms with Gasteiger partial charge in [0, 0.05) is 17.2 Å². The molecule has 122 valence electrons. The molecule has 1 amide bonds. The molecule has 1 aromatic carbocycles. The lowest BCUT2D eigenvalue weighted by Gasteiger charge is -2.08. The number of hydrogen-bond donors (Lipinski definition) is 1. The van der Waals surface area contributed by atoms with Crippen LogP contribution in [0.5, 0.6) is 5.75 Å². The molecule has 0 aliphatic carbocycles. The van der Waals surface area contributed by atoms with Crippen LogP contribution in [0, 0.1) is 5.92 Å². The molecule has 22 heavy (non-hydrogen) atoms. The summed E-state index contributed by atoms with van der Waals surface area (Å²) in [6.07, 6.45) is 1.81. The van der Waals surface area contributed by atoms with Crippen molar-refractivity contribution in [1.29, 1.82) is 0 Å². The number of nitrogens with one attached hydrogen (secondary N) is 1. The Morgan fingerprint density at radius 2 is 2.09 bits per heavy atom. The summed E-state index contributed by atoms with van der Waals surface area (Å²) in [6, 6.07) is 5.05. The fourth-order valence-electron chi connectivity index (χ4n) is 1.86. The number of halogens is 2. The van der Waals surface area contributed by atoms with Gasteiger partial charge in [-0.25, -0.2) is 5.43 Å². The first kappa shape index (κ1) is 18.8. The number of carbonyl (C=O) groups excluding carboxylic acids is 1. The molecule has 0 bridgehead atoms.